The number of ether oxygens (including phenoxy) is 3. The van der Waals surface area contributed by atoms with E-state index in [0.29, 0.717) is 42.1 Å². The fourth-order valence-corrected chi connectivity index (χ4v) is 7.82. The van der Waals surface area contributed by atoms with Crippen molar-refractivity contribution in [3.63, 3.8) is 0 Å². The number of methoxy groups -OCH3 is 3. The first-order valence-corrected chi connectivity index (χ1v) is 16.5. The maximum atomic E-state index is 14.6. The van der Waals surface area contributed by atoms with E-state index >= 15 is 0 Å². The summed E-state index contributed by atoms with van der Waals surface area (Å²) in [6.07, 6.45) is 0.240. The number of aromatic nitrogens is 2. The van der Waals surface area contributed by atoms with Crippen molar-refractivity contribution >= 4 is 44.0 Å². The molecule has 48 heavy (non-hydrogen) atoms. The van der Waals surface area contributed by atoms with Gasteiger partial charge in [-0.3, -0.25) is 29.9 Å². The smallest absolute Gasteiger partial charge is 0.411 e. The van der Waals surface area contributed by atoms with E-state index in [1.165, 1.54) is 51.7 Å². The predicted octanol–water partition coefficient (Wildman–Crippen LogP) is 3.81. The molecule has 1 aliphatic rings. The summed E-state index contributed by atoms with van der Waals surface area (Å²) in [6, 6.07) is 13.6. The molecule has 0 unspecified atom stereocenters. The van der Waals surface area contributed by atoms with E-state index in [9.17, 15) is 27.6 Å². The van der Waals surface area contributed by atoms with E-state index in [-0.39, 0.29) is 21.4 Å². The van der Waals surface area contributed by atoms with Crippen LogP contribution in [0.15, 0.2) is 75.1 Å². The molecule has 4 aromatic rings. The Labute approximate surface area is 276 Å². The van der Waals surface area contributed by atoms with Gasteiger partial charge in [-0.2, -0.15) is 0 Å². The van der Waals surface area contributed by atoms with Crippen molar-refractivity contribution in [1.82, 2.24) is 15.1 Å². The van der Waals surface area contributed by atoms with E-state index < -0.39 is 49.8 Å². The van der Waals surface area contributed by atoms with Gasteiger partial charge >= 0.3 is 6.09 Å². The van der Waals surface area contributed by atoms with Crippen molar-refractivity contribution in [3.8, 4) is 11.5 Å². The lowest BCUT2D eigenvalue weighted by Gasteiger charge is -2.39. The zero-order chi connectivity index (χ0) is 34.8. The summed E-state index contributed by atoms with van der Waals surface area (Å²) in [5, 5.41) is 10.6. The first-order chi connectivity index (χ1) is 22.8. The van der Waals surface area contributed by atoms with Gasteiger partial charge in [0.1, 0.15) is 6.04 Å². The quantitative estimate of drug-likeness (QED) is 0.192. The van der Waals surface area contributed by atoms with Gasteiger partial charge in [-0.25, -0.2) is 13.2 Å². The Morgan fingerprint density at radius 1 is 0.896 bits per heavy atom. The van der Waals surface area contributed by atoms with Crippen molar-refractivity contribution < 1.29 is 32.2 Å². The molecule has 1 aromatic heterocycles. The Kier molecular flexibility index (Phi) is 9.52. The normalized spacial score (nSPS) is 15.5. The monoisotopic (exact) mass is 679 g/mol. The minimum absolute atomic E-state index is 0.0216. The van der Waals surface area contributed by atoms with Gasteiger partial charge < -0.3 is 24.4 Å². The number of fused-ring (bicyclic) bond motifs is 1. The van der Waals surface area contributed by atoms with E-state index in [0.717, 1.165) is 0 Å². The van der Waals surface area contributed by atoms with Crippen LogP contribution in [0.3, 0.4) is 0 Å². The van der Waals surface area contributed by atoms with Gasteiger partial charge in [0.2, 0.25) is 5.91 Å². The summed E-state index contributed by atoms with van der Waals surface area (Å²) in [7, 11) is 0.0970. The van der Waals surface area contributed by atoms with Crippen LogP contribution in [0.1, 0.15) is 38.3 Å². The first-order valence-electron chi connectivity index (χ1n) is 15.1. The van der Waals surface area contributed by atoms with Crippen LogP contribution in [-0.4, -0.2) is 74.2 Å². The Morgan fingerprint density at radius 3 is 2.29 bits per heavy atom. The van der Waals surface area contributed by atoms with Crippen LogP contribution in [0.2, 0.25) is 0 Å². The largest absolute Gasteiger partial charge is 0.493 e. The third-order valence-electron chi connectivity index (χ3n) is 8.70. The number of carbonyl (C=O) groups excluding carboxylic acids is 2. The number of nitrogens with one attached hydrogen (secondary N) is 4. The van der Waals surface area contributed by atoms with Crippen LogP contribution >= 0.6 is 0 Å². The Morgan fingerprint density at radius 2 is 1.60 bits per heavy atom. The van der Waals surface area contributed by atoms with Gasteiger partial charge in [0.05, 0.1) is 47.8 Å². The molecule has 0 spiro atoms. The second-order valence-electron chi connectivity index (χ2n) is 11.8. The highest BCUT2D eigenvalue weighted by Gasteiger charge is 2.49. The Balaban J connectivity index is 1.54. The van der Waals surface area contributed by atoms with E-state index in [1.807, 2.05) is 0 Å². The third kappa shape index (κ3) is 6.32. The summed E-state index contributed by atoms with van der Waals surface area (Å²) in [5.74, 6) is 0.408. The molecular formula is C33H37N5O9S. The zero-order valence-electron chi connectivity index (χ0n) is 27.1. The van der Waals surface area contributed by atoms with Crippen molar-refractivity contribution in [2.75, 3.05) is 38.5 Å². The second kappa shape index (κ2) is 13.4. The van der Waals surface area contributed by atoms with Crippen molar-refractivity contribution in [2.24, 2.45) is 0 Å². The predicted molar refractivity (Wildman–Crippen MR) is 180 cm³/mol. The summed E-state index contributed by atoms with van der Waals surface area (Å²) >= 11 is 0. The van der Waals surface area contributed by atoms with Gasteiger partial charge in [-0.1, -0.05) is 12.1 Å². The number of hydrogen-bond donors (Lipinski definition) is 4. The molecule has 0 radical (unpaired) electrons. The lowest BCUT2D eigenvalue weighted by Crippen LogP contribution is -2.54. The minimum Gasteiger partial charge on any atom is -0.493 e. The summed E-state index contributed by atoms with van der Waals surface area (Å²) < 4.78 is 42.5. The van der Waals surface area contributed by atoms with Crippen LogP contribution in [-0.2, 0) is 19.4 Å². The minimum atomic E-state index is -4.07. The number of hydrogen-bond acceptors (Lipinski definition) is 10. The maximum absolute atomic E-state index is 14.6. The Bertz CT molecular complexity index is 2090. The highest BCUT2D eigenvalue weighted by Crippen LogP contribution is 2.39. The van der Waals surface area contributed by atoms with Gasteiger partial charge in [-0.15, -0.1) is 0 Å². The van der Waals surface area contributed by atoms with E-state index in [2.05, 4.69) is 25.6 Å². The standard InChI is InChI=1S/C33H37N5O9S/c1-33(2,48(43,44)22-9-6-8-20(17-22)35-32(42)47-5)27-10-7-15-38(27)31(41)28(19-11-14-25(45-3)26(16-19)46-4)34-21-12-13-23-24(18-21)30(40)37-36-29(23)39/h6,8-9,11-14,16-18,27-28,34H,7,10,15H2,1-5H3,(H,35,42)(H,36,39)(H,37,40)/t27-,28-/m1/s1. The number of H-pyrrole nitrogens is 2. The average molecular weight is 680 g/mol. The zero-order valence-corrected chi connectivity index (χ0v) is 27.9. The van der Waals surface area contributed by atoms with Crippen molar-refractivity contribution in [3.05, 3.63) is 86.9 Å². The second-order valence-corrected chi connectivity index (χ2v) is 14.3. The van der Waals surface area contributed by atoms with Gasteiger partial charge in [-0.05, 0) is 80.8 Å². The molecule has 1 fully saturated rings. The van der Waals surface area contributed by atoms with Crippen molar-refractivity contribution in [1.29, 1.82) is 0 Å². The fraction of sp³-hybridized carbons (Fsp3) is 0.333. The summed E-state index contributed by atoms with van der Waals surface area (Å²) in [5.41, 5.74) is 0.125. The third-order valence-corrected chi connectivity index (χ3v) is 11.2. The number of anilines is 2. The maximum Gasteiger partial charge on any atom is 0.411 e. The summed E-state index contributed by atoms with van der Waals surface area (Å²) in [6.45, 7) is 3.47. The Hall–Kier alpha value is -5.31. The molecule has 14 nitrogen and oxygen atoms in total. The summed E-state index contributed by atoms with van der Waals surface area (Å²) in [4.78, 5) is 52.8. The lowest BCUT2D eigenvalue weighted by atomic mass is 9.98. The molecule has 254 valence electrons. The number of aromatic amines is 2. The molecule has 4 N–H and O–H groups in total. The average Bonchev–Trinajstić information content (AvgIpc) is 3.59. The molecular weight excluding hydrogens is 642 g/mol. The van der Waals surface area contributed by atoms with Crippen LogP contribution in [0, 0.1) is 0 Å². The number of sulfone groups is 1. The lowest BCUT2D eigenvalue weighted by molar-refractivity contribution is -0.133. The molecule has 1 saturated heterocycles. The van der Waals surface area contributed by atoms with Crippen LogP contribution < -0.4 is 31.2 Å². The van der Waals surface area contributed by atoms with E-state index in [1.54, 1.807) is 49.1 Å². The van der Waals surface area contributed by atoms with E-state index in [4.69, 9.17) is 9.47 Å². The van der Waals surface area contributed by atoms with Crippen LogP contribution in [0.25, 0.3) is 10.8 Å². The molecule has 2 amide bonds. The molecule has 0 saturated carbocycles. The number of nitrogens with zero attached hydrogens (tertiary/aromatic N) is 1. The number of benzene rings is 3. The van der Waals surface area contributed by atoms with Crippen molar-refractivity contribution in [2.45, 2.75) is 48.4 Å². The van der Waals surface area contributed by atoms with Crippen LogP contribution in [0.5, 0.6) is 11.5 Å². The number of likely N-dealkylation sites (tertiary alicyclic amines) is 1. The van der Waals surface area contributed by atoms with Gasteiger partial charge in [0.15, 0.2) is 21.3 Å². The fourth-order valence-electron chi connectivity index (χ4n) is 6.07. The SMILES string of the molecule is COC(=O)Nc1cccc(S(=O)(=O)C(C)(C)[C@H]2CCCN2C(=O)[C@H](Nc2ccc3c(=O)[nH][nH]c(=O)c3c2)c2ccc(OC)c(OC)c2)c1. The first kappa shape index (κ1) is 34.0. The topological polar surface area (TPSA) is 189 Å². The van der Waals surface area contributed by atoms with Gasteiger partial charge in [0, 0.05) is 17.9 Å². The number of rotatable bonds is 10. The van der Waals surface area contributed by atoms with Gasteiger partial charge in [0.25, 0.3) is 11.1 Å². The highest BCUT2D eigenvalue weighted by molar-refractivity contribution is 7.92. The molecule has 0 bridgehead atoms. The highest BCUT2D eigenvalue weighted by atomic mass is 32.2. The molecule has 0 aliphatic carbocycles. The molecule has 2 atom stereocenters. The number of amides is 2. The molecule has 15 heteroatoms. The molecule has 1 aliphatic heterocycles. The molecule has 3 aromatic carbocycles. The number of carbonyl (C=O) groups is 2. The molecule has 5 rings (SSSR count). The van der Waals surface area contributed by atoms with Crippen LogP contribution in [0.4, 0.5) is 16.2 Å². The molecule has 2 heterocycles.